The minimum Gasteiger partial charge on any atom is -0.467 e. The van der Waals surface area contributed by atoms with Crippen molar-refractivity contribution in [1.29, 1.82) is 0 Å². The molecule has 2 aliphatic heterocycles. The van der Waals surface area contributed by atoms with Crippen LogP contribution in [0.5, 0.6) is 0 Å². The van der Waals surface area contributed by atoms with Gasteiger partial charge in [-0.15, -0.1) is 0 Å². The number of halogens is 1. The number of fused-ring (bicyclic) bond motifs is 1. The van der Waals surface area contributed by atoms with E-state index in [-0.39, 0.29) is 0 Å². The molecule has 28 heavy (non-hydrogen) atoms. The van der Waals surface area contributed by atoms with Gasteiger partial charge in [-0.05, 0) is 48.5 Å². The summed E-state index contributed by atoms with van der Waals surface area (Å²) in [4.78, 5) is 33.2. The second-order valence-electron chi connectivity index (χ2n) is 6.66. The van der Waals surface area contributed by atoms with Gasteiger partial charge in [0.05, 0.1) is 17.6 Å². The van der Waals surface area contributed by atoms with Crippen LogP contribution in [0.1, 0.15) is 11.8 Å². The van der Waals surface area contributed by atoms with Crippen molar-refractivity contribution >= 4 is 23.2 Å². The van der Waals surface area contributed by atoms with Crippen molar-refractivity contribution in [2.45, 2.75) is 12.1 Å². The van der Waals surface area contributed by atoms with Gasteiger partial charge in [0.15, 0.2) is 6.10 Å². The zero-order chi connectivity index (χ0) is 19.3. The minimum absolute atomic E-state index is 0.318. The Bertz CT molecular complexity index is 1020. The first-order chi connectivity index (χ1) is 13.6. The van der Waals surface area contributed by atoms with Gasteiger partial charge in [-0.2, -0.15) is 0 Å². The van der Waals surface area contributed by atoms with Crippen LogP contribution in [0.2, 0.25) is 0 Å². The third-order valence-electron chi connectivity index (χ3n) is 5.05. The molecule has 6 nitrogen and oxygen atoms in total. The standard InChI is InChI=1S/C21H15FN2O4/c22-13-8-10-14(11-9-13)23-20(25)17-18(16-7-4-12-27-16)24(28-19(17)21(23)26)15-5-2-1-3-6-15/h1-12,17-19H/t17-,18+,19-/m1/s1. The van der Waals surface area contributed by atoms with E-state index in [9.17, 15) is 14.0 Å². The van der Waals surface area contributed by atoms with Crippen LogP contribution in [-0.4, -0.2) is 17.9 Å². The fourth-order valence-electron chi connectivity index (χ4n) is 3.81. The average molecular weight is 378 g/mol. The second kappa shape index (κ2) is 6.31. The van der Waals surface area contributed by atoms with Crippen LogP contribution in [0, 0.1) is 11.7 Å². The number of para-hydroxylation sites is 1. The summed E-state index contributed by atoms with van der Waals surface area (Å²) < 4.78 is 18.8. The van der Waals surface area contributed by atoms with E-state index in [2.05, 4.69) is 0 Å². The minimum atomic E-state index is -0.979. The van der Waals surface area contributed by atoms with E-state index < -0.39 is 35.7 Å². The van der Waals surface area contributed by atoms with Crippen LogP contribution in [0.25, 0.3) is 0 Å². The van der Waals surface area contributed by atoms with E-state index in [1.165, 1.54) is 30.5 Å². The number of hydrogen-bond acceptors (Lipinski definition) is 5. The summed E-state index contributed by atoms with van der Waals surface area (Å²) in [6, 6.07) is 17.4. The predicted octanol–water partition coefficient (Wildman–Crippen LogP) is 3.47. The molecule has 2 amide bonds. The monoisotopic (exact) mass is 378 g/mol. The number of amides is 2. The van der Waals surface area contributed by atoms with Crippen LogP contribution >= 0.6 is 0 Å². The third-order valence-corrected chi connectivity index (χ3v) is 5.05. The van der Waals surface area contributed by atoms with E-state index in [1.807, 2.05) is 30.3 Å². The molecule has 0 radical (unpaired) electrons. The maximum Gasteiger partial charge on any atom is 0.266 e. The smallest absolute Gasteiger partial charge is 0.266 e. The molecule has 2 aliphatic rings. The number of nitrogens with zero attached hydrogens (tertiary/aromatic N) is 2. The van der Waals surface area contributed by atoms with Gasteiger partial charge in [0.25, 0.3) is 5.91 Å². The molecule has 3 heterocycles. The molecule has 7 heteroatoms. The number of rotatable bonds is 3. The number of hydroxylamine groups is 1. The maximum atomic E-state index is 13.3. The Labute approximate surface area is 159 Å². The number of carbonyl (C=O) groups is 2. The summed E-state index contributed by atoms with van der Waals surface area (Å²) in [5, 5.41) is 1.56. The molecule has 2 fully saturated rings. The first-order valence-electron chi connectivity index (χ1n) is 8.83. The summed E-state index contributed by atoms with van der Waals surface area (Å²) in [5.74, 6) is -1.57. The molecular weight excluding hydrogens is 363 g/mol. The molecule has 3 atom stereocenters. The summed E-state index contributed by atoms with van der Waals surface area (Å²) in [5.41, 5.74) is 1.03. The molecule has 0 spiro atoms. The van der Waals surface area contributed by atoms with Gasteiger partial charge in [0, 0.05) is 0 Å². The Balaban J connectivity index is 1.56. The van der Waals surface area contributed by atoms with Gasteiger partial charge in [0.2, 0.25) is 5.91 Å². The lowest BCUT2D eigenvalue weighted by molar-refractivity contribution is -0.126. The maximum absolute atomic E-state index is 13.3. The molecule has 140 valence electrons. The van der Waals surface area contributed by atoms with Crippen molar-refractivity contribution in [2.75, 3.05) is 9.96 Å². The number of imide groups is 1. The molecule has 3 aromatic rings. The summed E-state index contributed by atoms with van der Waals surface area (Å²) in [7, 11) is 0. The van der Waals surface area contributed by atoms with Gasteiger partial charge in [-0.25, -0.2) is 14.4 Å². The second-order valence-corrected chi connectivity index (χ2v) is 6.66. The van der Waals surface area contributed by atoms with Crippen molar-refractivity contribution in [1.82, 2.24) is 0 Å². The molecule has 0 aliphatic carbocycles. The van der Waals surface area contributed by atoms with Crippen molar-refractivity contribution in [2.24, 2.45) is 5.92 Å². The van der Waals surface area contributed by atoms with Crippen molar-refractivity contribution in [3.63, 3.8) is 0 Å². The number of furan rings is 1. The van der Waals surface area contributed by atoms with Gasteiger partial charge < -0.3 is 4.42 Å². The molecule has 2 aromatic carbocycles. The summed E-state index contributed by atoms with van der Waals surface area (Å²) in [6.07, 6.45) is 0.540. The molecule has 1 aromatic heterocycles. The Morgan fingerprint density at radius 3 is 2.25 bits per heavy atom. The summed E-state index contributed by atoms with van der Waals surface area (Å²) in [6.45, 7) is 0. The Hall–Kier alpha value is -3.45. The van der Waals surface area contributed by atoms with Crippen molar-refractivity contribution < 1.29 is 23.2 Å². The van der Waals surface area contributed by atoms with Gasteiger partial charge in [-0.3, -0.25) is 14.4 Å². The lowest BCUT2D eigenvalue weighted by atomic mass is 9.94. The van der Waals surface area contributed by atoms with Gasteiger partial charge in [-0.1, -0.05) is 18.2 Å². The van der Waals surface area contributed by atoms with Crippen LogP contribution in [0.15, 0.2) is 77.4 Å². The summed E-state index contributed by atoms with van der Waals surface area (Å²) >= 11 is 0. The van der Waals surface area contributed by atoms with E-state index in [0.29, 0.717) is 17.1 Å². The van der Waals surface area contributed by atoms with Crippen LogP contribution in [0.3, 0.4) is 0 Å². The fourth-order valence-corrected chi connectivity index (χ4v) is 3.81. The quantitative estimate of drug-likeness (QED) is 0.653. The van der Waals surface area contributed by atoms with Crippen LogP contribution < -0.4 is 9.96 Å². The lowest BCUT2D eigenvalue weighted by Gasteiger charge is -2.27. The molecular formula is C21H15FN2O4. The highest BCUT2D eigenvalue weighted by Gasteiger charge is 2.61. The topological polar surface area (TPSA) is 63.0 Å². The Kier molecular flexibility index (Phi) is 3.77. The van der Waals surface area contributed by atoms with Crippen molar-refractivity contribution in [3.05, 3.63) is 84.6 Å². The first kappa shape index (κ1) is 16.7. The Morgan fingerprint density at radius 2 is 1.57 bits per heavy atom. The number of carbonyl (C=O) groups excluding carboxylic acids is 2. The molecule has 0 unspecified atom stereocenters. The van der Waals surface area contributed by atoms with Crippen LogP contribution in [0.4, 0.5) is 15.8 Å². The van der Waals surface area contributed by atoms with E-state index in [1.54, 1.807) is 17.2 Å². The van der Waals surface area contributed by atoms with Crippen molar-refractivity contribution in [3.8, 4) is 0 Å². The first-order valence-corrected chi connectivity index (χ1v) is 8.83. The molecule has 5 rings (SSSR count). The van der Waals surface area contributed by atoms with Gasteiger partial charge >= 0.3 is 0 Å². The number of benzene rings is 2. The largest absolute Gasteiger partial charge is 0.467 e. The van der Waals surface area contributed by atoms with Gasteiger partial charge in [0.1, 0.15) is 23.5 Å². The van der Waals surface area contributed by atoms with E-state index >= 15 is 0 Å². The zero-order valence-electron chi connectivity index (χ0n) is 14.6. The SMILES string of the molecule is O=C1[C@H]2[C@@H](ON(c3ccccc3)[C@H]2c2ccco2)C(=O)N1c1ccc(F)cc1. The fraction of sp³-hybridized carbons (Fsp3) is 0.143. The highest BCUT2D eigenvalue weighted by Crippen LogP contribution is 2.47. The lowest BCUT2D eigenvalue weighted by Crippen LogP contribution is -2.37. The number of hydrogen-bond donors (Lipinski definition) is 0. The predicted molar refractivity (Wildman–Crippen MR) is 97.6 cm³/mol. The molecule has 2 saturated heterocycles. The normalized spacial score (nSPS) is 24.1. The third kappa shape index (κ3) is 2.44. The molecule has 0 bridgehead atoms. The zero-order valence-corrected chi connectivity index (χ0v) is 14.6. The molecule has 0 N–H and O–H groups in total. The number of anilines is 2. The van der Waals surface area contributed by atoms with Crippen LogP contribution in [-0.2, 0) is 14.4 Å². The van der Waals surface area contributed by atoms with E-state index in [4.69, 9.17) is 9.25 Å². The highest BCUT2D eigenvalue weighted by molar-refractivity contribution is 6.23. The highest BCUT2D eigenvalue weighted by atomic mass is 19.1. The molecule has 0 saturated carbocycles. The Morgan fingerprint density at radius 1 is 0.821 bits per heavy atom. The average Bonchev–Trinajstić information content (AvgIpc) is 3.42. The van der Waals surface area contributed by atoms with E-state index in [0.717, 1.165) is 4.90 Å².